The maximum Gasteiger partial charge on any atom is 0.573 e. The van der Waals surface area contributed by atoms with Gasteiger partial charge in [0.2, 0.25) is 5.91 Å². The van der Waals surface area contributed by atoms with Crippen LogP contribution in [0, 0.1) is 11.8 Å². The van der Waals surface area contributed by atoms with E-state index in [9.17, 15) is 22.8 Å². The molecule has 1 aliphatic rings. The Morgan fingerprint density at radius 3 is 2.46 bits per heavy atom. The van der Waals surface area contributed by atoms with Crippen LogP contribution in [0.5, 0.6) is 5.75 Å². The normalized spacial score (nSPS) is 20.7. The van der Waals surface area contributed by atoms with Crippen LogP contribution < -0.4 is 4.74 Å². The van der Waals surface area contributed by atoms with Crippen LogP contribution in [0.1, 0.15) is 24.8 Å². The van der Waals surface area contributed by atoms with Crippen LogP contribution in [0.25, 0.3) is 0 Å². The van der Waals surface area contributed by atoms with Crippen molar-refractivity contribution in [3.05, 3.63) is 29.8 Å². The first kappa shape index (κ1) is 18.1. The molecule has 1 aromatic rings. The van der Waals surface area contributed by atoms with Gasteiger partial charge in [-0.3, -0.25) is 9.59 Å². The number of rotatable bonds is 5. The summed E-state index contributed by atoms with van der Waals surface area (Å²) in [5.74, 6) is -2.48. The SMILES string of the molecule is CN(Cc1ccccc1OC(F)(F)F)C(=O)[C@@H]1CC[C@H](C(=O)O)C1. The van der Waals surface area contributed by atoms with Crippen molar-refractivity contribution in [1.82, 2.24) is 4.90 Å². The number of amides is 1. The second kappa shape index (κ2) is 7.11. The lowest BCUT2D eigenvalue weighted by atomic mass is 10.0. The summed E-state index contributed by atoms with van der Waals surface area (Å²) in [6.07, 6.45) is -3.63. The molecule has 8 heteroatoms. The largest absolute Gasteiger partial charge is 0.573 e. The number of alkyl halides is 3. The third-order valence-electron chi connectivity index (χ3n) is 4.11. The van der Waals surface area contributed by atoms with Crippen LogP contribution >= 0.6 is 0 Å². The van der Waals surface area contributed by atoms with E-state index in [2.05, 4.69) is 4.74 Å². The fourth-order valence-electron chi connectivity index (χ4n) is 2.93. The molecule has 2 atom stereocenters. The van der Waals surface area contributed by atoms with Gasteiger partial charge in [0.15, 0.2) is 0 Å². The molecule has 132 valence electrons. The Hall–Kier alpha value is -2.25. The highest BCUT2D eigenvalue weighted by Crippen LogP contribution is 2.33. The molecule has 0 heterocycles. The maximum absolute atomic E-state index is 12.4. The summed E-state index contributed by atoms with van der Waals surface area (Å²) < 4.78 is 41.2. The number of aliphatic carboxylic acids is 1. The lowest BCUT2D eigenvalue weighted by molar-refractivity contribution is -0.275. The van der Waals surface area contributed by atoms with E-state index in [0.29, 0.717) is 12.8 Å². The fourth-order valence-corrected chi connectivity index (χ4v) is 2.93. The van der Waals surface area contributed by atoms with Crippen molar-refractivity contribution < 1.29 is 32.6 Å². The lowest BCUT2D eigenvalue weighted by Gasteiger charge is -2.22. The van der Waals surface area contributed by atoms with Crippen molar-refractivity contribution in [1.29, 1.82) is 0 Å². The van der Waals surface area contributed by atoms with Gasteiger partial charge in [-0.25, -0.2) is 0 Å². The molecule has 1 aliphatic carbocycles. The van der Waals surface area contributed by atoms with E-state index < -0.39 is 24.2 Å². The number of nitrogens with zero attached hydrogens (tertiary/aromatic N) is 1. The predicted molar refractivity (Wildman–Crippen MR) is 78.1 cm³/mol. The Morgan fingerprint density at radius 2 is 1.88 bits per heavy atom. The van der Waals surface area contributed by atoms with Crippen molar-refractivity contribution in [3.8, 4) is 5.75 Å². The highest BCUT2D eigenvalue weighted by molar-refractivity contribution is 5.80. The summed E-state index contributed by atoms with van der Waals surface area (Å²) in [4.78, 5) is 24.7. The second-order valence-electron chi connectivity index (χ2n) is 5.89. The molecular formula is C16H18F3NO4. The molecular weight excluding hydrogens is 327 g/mol. The van der Waals surface area contributed by atoms with Gasteiger partial charge in [0.1, 0.15) is 5.75 Å². The van der Waals surface area contributed by atoms with Crippen LogP contribution in [0.15, 0.2) is 24.3 Å². The Kier molecular flexibility index (Phi) is 5.36. The van der Waals surface area contributed by atoms with Crippen LogP contribution in [0.2, 0.25) is 0 Å². The summed E-state index contributed by atoms with van der Waals surface area (Å²) in [6.45, 7) is -0.0423. The van der Waals surface area contributed by atoms with Gasteiger partial charge in [0, 0.05) is 25.1 Å². The van der Waals surface area contributed by atoms with E-state index in [1.807, 2.05) is 0 Å². The molecule has 0 saturated heterocycles. The molecule has 0 spiro atoms. The number of benzene rings is 1. The number of para-hydroxylation sites is 1. The topological polar surface area (TPSA) is 66.8 Å². The summed E-state index contributed by atoms with van der Waals surface area (Å²) >= 11 is 0. The van der Waals surface area contributed by atoms with E-state index in [1.165, 1.54) is 30.1 Å². The van der Waals surface area contributed by atoms with Crippen molar-refractivity contribution in [2.45, 2.75) is 32.2 Å². The van der Waals surface area contributed by atoms with E-state index in [-0.39, 0.29) is 30.2 Å². The van der Waals surface area contributed by atoms with E-state index in [1.54, 1.807) is 6.07 Å². The molecule has 0 aromatic heterocycles. The number of ether oxygens (including phenoxy) is 1. The van der Waals surface area contributed by atoms with Gasteiger partial charge in [-0.15, -0.1) is 13.2 Å². The molecule has 0 aliphatic heterocycles. The molecule has 24 heavy (non-hydrogen) atoms. The number of carboxylic acid groups (broad SMARTS) is 1. The number of carboxylic acids is 1. The van der Waals surface area contributed by atoms with Gasteiger partial charge in [0.05, 0.1) is 5.92 Å². The first-order valence-corrected chi connectivity index (χ1v) is 7.49. The molecule has 2 rings (SSSR count). The van der Waals surface area contributed by atoms with Crippen LogP contribution in [0.3, 0.4) is 0 Å². The number of carbonyl (C=O) groups is 2. The van der Waals surface area contributed by atoms with Gasteiger partial charge in [0.25, 0.3) is 0 Å². The third-order valence-corrected chi connectivity index (χ3v) is 4.11. The van der Waals surface area contributed by atoms with Crippen LogP contribution in [0.4, 0.5) is 13.2 Å². The Labute approximate surface area is 137 Å². The highest BCUT2D eigenvalue weighted by Gasteiger charge is 2.36. The minimum Gasteiger partial charge on any atom is -0.481 e. The van der Waals surface area contributed by atoms with Gasteiger partial charge >= 0.3 is 12.3 Å². The van der Waals surface area contributed by atoms with Gasteiger partial charge in [-0.05, 0) is 25.3 Å². The maximum atomic E-state index is 12.4. The zero-order valence-corrected chi connectivity index (χ0v) is 13.0. The minimum absolute atomic E-state index is 0.0423. The third kappa shape index (κ3) is 4.62. The summed E-state index contributed by atoms with van der Waals surface area (Å²) in [7, 11) is 1.49. The number of hydrogen-bond acceptors (Lipinski definition) is 3. The molecule has 0 bridgehead atoms. The van der Waals surface area contributed by atoms with Crippen molar-refractivity contribution in [2.75, 3.05) is 7.05 Å². The summed E-state index contributed by atoms with van der Waals surface area (Å²) in [5, 5.41) is 8.98. The minimum atomic E-state index is -4.81. The lowest BCUT2D eigenvalue weighted by Crippen LogP contribution is -2.32. The standard InChI is InChI=1S/C16H18F3NO4/c1-20(14(21)10-6-7-11(8-10)15(22)23)9-12-4-2-3-5-13(12)24-16(17,18)19/h2-5,10-11H,6-9H2,1H3,(H,22,23)/t10-,11+/m1/s1. The van der Waals surface area contributed by atoms with Crippen LogP contribution in [-0.2, 0) is 16.1 Å². The van der Waals surface area contributed by atoms with Crippen molar-refractivity contribution in [3.63, 3.8) is 0 Å². The Bertz CT molecular complexity index is 618. The molecule has 1 N–H and O–H groups in total. The number of carbonyl (C=O) groups excluding carboxylic acids is 1. The molecule has 1 aromatic carbocycles. The molecule has 1 fully saturated rings. The summed E-state index contributed by atoms with van der Waals surface area (Å²) in [6, 6.07) is 5.63. The zero-order valence-electron chi connectivity index (χ0n) is 13.0. The Balaban J connectivity index is 2.03. The summed E-state index contributed by atoms with van der Waals surface area (Å²) in [5.41, 5.74) is 0.235. The average Bonchev–Trinajstić information content (AvgIpc) is 2.97. The average molecular weight is 345 g/mol. The van der Waals surface area contributed by atoms with E-state index >= 15 is 0 Å². The first-order chi connectivity index (χ1) is 11.2. The monoisotopic (exact) mass is 345 g/mol. The Morgan fingerprint density at radius 1 is 1.25 bits per heavy atom. The second-order valence-corrected chi connectivity index (χ2v) is 5.89. The van der Waals surface area contributed by atoms with E-state index in [0.717, 1.165) is 0 Å². The molecule has 0 unspecified atom stereocenters. The van der Waals surface area contributed by atoms with Gasteiger partial charge in [-0.2, -0.15) is 0 Å². The predicted octanol–water partition coefficient (Wildman–Crippen LogP) is 3.04. The quantitative estimate of drug-likeness (QED) is 0.891. The number of hydrogen-bond donors (Lipinski definition) is 1. The van der Waals surface area contributed by atoms with Crippen molar-refractivity contribution in [2.24, 2.45) is 11.8 Å². The van der Waals surface area contributed by atoms with Crippen LogP contribution in [-0.4, -0.2) is 35.3 Å². The van der Waals surface area contributed by atoms with Gasteiger partial charge in [-0.1, -0.05) is 18.2 Å². The molecule has 0 radical (unpaired) electrons. The molecule has 1 amide bonds. The zero-order chi connectivity index (χ0) is 17.9. The highest BCUT2D eigenvalue weighted by atomic mass is 19.4. The number of halogens is 3. The van der Waals surface area contributed by atoms with E-state index in [4.69, 9.17) is 5.11 Å². The molecule has 1 saturated carbocycles. The first-order valence-electron chi connectivity index (χ1n) is 7.49. The fraction of sp³-hybridized carbons (Fsp3) is 0.500. The van der Waals surface area contributed by atoms with Gasteiger partial charge < -0.3 is 14.7 Å². The smallest absolute Gasteiger partial charge is 0.481 e. The van der Waals surface area contributed by atoms with Crippen molar-refractivity contribution >= 4 is 11.9 Å². The molecule has 5 nitrogen and oxygen atoms in total.